The first kappa shape index (κ1) is 16.5. The molecular weight excluding hydrogens is 284 g/mol. The zero-order valence-electron chi connectivity index (χ0n) is 12.9. The van der Waals surface area contributed by atoms with Gasteiger partial charge in [0.15, 0.2) is 0 Å². The summed E-state index contributed by atoms with van der Waals surface area (Å²) < 4.78 is 27.6. The van der Waals surface area contributed by atoms with Crippen molar-refractivity contribution in [1.82, 2.24) is 10.0 Å². The second kappa shape index (κ2) is 7.38. The van der Waals surface area contributed by atoms with Gasteiger partial charge in [0.1, 0.15) is 0 Å². The van der Waals surface area contributed by atoms with Crippen LogP contribution in [0.25, 0.3) is 0 Å². The summed E-state index contributed by atoms with van der Waals surface area (Å²) in [6.45, 7) is 5.70. The first-order chi connectivity index (χ1) is 10.0. The van der Waals surface area contributed by atoms with E-state index in [-0.39, 0.29) is 6.04 Å². The maximum Gasteiger partial charge on any atom is 0.240 e. The maximum absolute atomic E-state index is 12.4. The lowest BCUT2D eigenvalue weighted by molar-refractivity contribution is 0.424. The molecule has 1 aliphatic rings. The second-order valence-corrected chi connectivity index (χ2v) is 7.59. The van der Waals surface area contributed by atoms with E-state index < -0.39 is 10.0 Å². The molecule has 118 valence electrons. The van der Waals surface area contributed by atoms with E-state index in [9.17, 15) is 8.42 Å². The maximum atomic E-state index is 12.4. The molecule has 1 fully saturated rings. The van der Waals surface area contributed by atoms with Gasteiger partial charge in [0.2, 0.25) is 10.0 Å². The van der Waals surface area contributed by atoms with E-state index in [0.29, 0.717) is 10.8 Å². The molecule has 0 bridgehead atoms. The summed E-state index contributed by atoms with van der Waals surface area (Å²) in [4.78, 5) is 0.354. The molecule has 0 aliphatic heterocycles. The fraction of sp³-hybridized carbons (Fsp3) is 0.625. The highest BCUT2D eigenvalue weighted by atomic mass is 32.2. The van der Waals surface area contributed by atoms with Crippen LogP contribution >= 0.6 is 0 Å². The number of hydrogen-bond acceptors (Lipinski definition) is 3. The summed E-state index contributed by atoms with van der Waals surface area (Å²) in [6.07, 6.45) is 4.70. The summed E-state index contributed by atoms with van der Waals surface area (Å²) in [5.74, 6) is 0.479. The first-order valence-corrected chi connectivity index (χ1v) is 9.33. The van der Waals surface area contributed by atoms with Crippen LogP contribution in [0.3, 0.4) is 0 Å². The Hall–Kier alpha value is -0.910. The van der Waals surface area contributed by atoms with Crippen LogP contribution in [0.5, 0.6) is 0 Å². The van der Waals surface area contributed by atoms with Gasteiger partial charge in [-0.3, -0.25) is 0 Å². The van der Waals surface area contributed by atoms with E-state index in [4.69, 9.17) is 0 Å². The minimum atomic E-state index is -3.40. The fourth-order valence-corrected chi connectivity index (χ4v) is 4.23. The van der Waals surface area contributed by atoms with Crippen molar-refractivity contribution in [3.63, 3.8) is 0 Å². The fourth-order valence-electron chi connectivity index (χ4n) is 2.92. The first-order valence-electron chi connectivity index (χ1n) is 7.85. The van der Waals surface area contributed by atoms with Gasteiger partial charge in [-0.1, -0.05) is 31.9 Å². The summed E-state index contributed by atoms with van der Waals surface area (Å²) in [7, 11) is -3.40. The summed E-state index contributed by atoms with van der Waals surface area (Å²) >= 11 is 0. The minimum absolute atomic E-state index is 0.0129. The highest BCUT2D eigenvalue weighted by molar-refractivity contribution is 7.89. The third-order valence-corrected chi connectivity index (χ3v) is 5.84. The Bertz CT molecular complexity index is 534. The highest BCUT2D eigenvalue weighted by Gasteiger charge is 2.26. The molecule has 1 aromatic rings. The van der Waals surface area contributed by atoms with E-state index in [1.165, 1.54) is 12.8 Å². The molecule has 1 aromatic carbocycles. The van der Waals surface area contributed by atoms with Gasteiger partial charge >= 0.3 is 0 Å². The third kappa shape index (κ3) is 4.53. The van der Waals surface area contributed by atoms with Crippen LogP contribution in [-0.2, 0) is 16.6 Å². The van der Waals surface area contributed by atoms with Crippen molar-refractivity contribution in [3.8, 4) is 0 Å². The summed E-state index contributed by atoms with van der Waals surface area (Å²) in [5.41, 5.74) is 1.10. The average molecular weight is 310 g/mol. The molecule has 0 aromatic heterocycles. The highest BCUT2D eigenvalue weighted by Crippen LogP contribution is 2.28. The second-order valence-electron chi connectivity index (χ2n) is 5.88. The van der Waals surface area contributed by atoms with E-state index in [2.05, 4.69) is 10.0 Å². The van der Waals surface area contributed by atoms with E-state index in [0.717, 1.165) is 31.5 Å². The molecular formula is C16H26N2O2S. The van der Waals surface area contributed by atoms with Crippen LogP contribution in [0.2, 0.25) is 0 Å². The molecule has 2 N–H and O–H groups in total. The molecule has 0 radical (unpaired) electrons. The van der Waals surface area contributed by atoms with Gasteiger partial charge in [-0.25, -0.2) is 13.1 Å². The molecule has 21 heavy (non-hydrogen) atoms. The van der Waals surface area contributed by atoms with Crippen molar-refractivity contribution in [3.05, 3.63) is 29.8 Å². The SMILES string of the molecule is CCNCc1ccc(S(=O)(=O)NC(C)C2CCCC2)cc1. The van der Waals surface area contributed by atoms with Crippen LogP contribution in [0.1, 0.15) is 45.1 Å². The lowest BCUT2D eigenvalue weighted by Gasteiger charge is -2.20. The van der Waals surface area contributed by atoms with E-state index >= 15 is 0 Å². The standard InChI is InChI=1S/C16H26N2O2S/c1-3-17-12-14-8-10-16(11-9-14)21(19,20)18-13(2)15-6-4-5-7-15/h8-11,13,15,17-18H,3-7,12H2,1-2H3. The molecule has 4 nitrogen and oxygen atoms in total. The molecule has 5 heteroatoms. The molecule has 1 atom stereocenters. The predicted molar refractivity (Wildman–Crippen MR) is 85.6 cm³/mol. The molecule has 0 heterocycles. The number of hydrogen-bond donors (Lipinski definition) is 2. The zero-order chi connectivity index (χ0) is 15.3. The largest absolute Gasteiger partial charge is 0.313 e. The van der Waals surface area contributed by atoms with Gasteiger partial charge in [0, 0.05) is 12.6 Å². The Morgan fingerprint density at radius 2 is 1.81 bits per heavy atom. The quantitative estimate of drug-likeness (QED) is 0.814. The number of sulfonamides is 1. The molecule has 0 amide bonds. The zero-order valence-corrected chi connectivity index (χ0v) is 13.7. The minimum Gasteiger partial charge on any atom is -0.313 e. The van der Waals surface area contributed by atoms with Crippen molar-refractivity contribution in [1.29, 1.82) is 0 Å². The summed E-state index contributed by atoms with van der Waals surface area (Å²) in [6, 6.07) is 7.14. The Morgan fingerprint density at radius 3 is 2.38 bits per heavy atom. The van der Waals surface area contributed by atoms with E-state index in [1.807, 2.05) is 26.0 Å². The van der Waals surface area contributed by atoms with E-state index in [1.54, 1.807) is 12.1 Å². The molecule has 0 spiro atoms. The van der Waals surface area contributed by atoms with Gasteiger partial charge in [-0.15, -0.1) is 0 Å². The van der Waals surface area contributed by atoms with Gasteiger partial charge in [-0.05, 0) is 49.9 Å². The monoisotopic (exact) mass is 310 g/mol. The van der Waals surface area contributed by atoms with Crippen molar-refractivity contribution < 1.29 is 8.42 Å². The lowest BCUT2D eigenvalue weighted by Crippen LogP contribution is -2.37. The van der Waals surface area contributed by atoms with Crippen LogP contribution in [0.4, 0.5) is 0 Å². The van der Waals surface area contributed by atoms with Crippen LogP contribution in [0, 0.1) is 5.92 Å². The van der Waals surface area contributed by atoms with Crippen molar-refractivity contribution in [2.75, 3.05) is 6.54 Å². The normalized spacial score (nSPS) is 18.0. The van der Waals surface area contributed by atoms with Gasteiger partial charge in [0.25, 0.3) is 0 Å². The smallest absolute Gasteiger partial charge is 0.240 e. The topological polar surface area (TPSA) is 58.2 Å². The predicted octanol–water partition coefficient (Wildman–Crippen LogP) is 2.65. The average Bonchev–Trinajstić information content (AvgIpc) is 2.99. The number of benzene rings is 1. The van der Waals surface area contributed by atoms with Crippen LogP contribution in [0.15, 0.2) is 29.2 Å². The Kier molecular flexibility index (Phi) is 5.79. The third-order valence-electron chi connectivity index (χ3n) is 4.26. The lowest BCUT2D eigenvalue weighted by atomic mass is 10.0. The number of nitrogens with one attached hydrogen (secondary N) is 2. The van der Waals surface area contributed by atoms with Crippen LogP contribution in [-0.4, -0.2) is 21.0 Å². The number of rotatable bonds is 7. The molecule has 1 saturated carbocycles. The Labute approximate surface area is 128 Å². The van der Waals surface area contributed by atoms with Crippen molar-refractivity contribution in [2.24, 2.45) is 5.92 Å². The Balaban J connectivity index is 2.01. The molecule has 1 unspecified atom stereocenters. The van der Waals surface area contributed by atoms with Gasteiger partial charge in [0.05, 0.1) is 4.90 Å². The molecule has 2 rings (SSSR count). The van der Waals surface area contributed by atoms with Gasteiger partial charge in [-0.2, -0.15) is 0 Å². The van der Waals surface area contributed by atoms with Crippen molar-refractivity contribution in [2.45, 2.75) is 57.0 Å². The van der Waals surface area contributed by atoms with Crippen molar-refractivity contribution >= 4 is 10.0 Å². The van der Waals surface area contributed by atoms with Crippen LogP contribution < -0.4 is 10.0 Å². The van der Waals surface area contributed by atoms with Gasteiger partial charge < -0.3 is 5.32 Å². The molecule has 0 saturated heterocycles. The Morgan fingerprint density at radius 1 is 1.19 bits per heavy atom. The summed E-state index contributed by atoms with van der Waals surface area (Å²) in [5, 5.41) is 3.23. The molecule has 1 aliphatic carbocycles.